The number of hydrogen-bond acceptors (Lipinski definition) is 5. The lowest BCUT2D eigenvalue weighted by Gasteiger charge is -2.17. The fourth-order valence-electron chi connectivity index (χ4n) is 2.55. The highest BCUT2D eigenvalue weighted by Crippen LogP contribution is 2.26. The molecule has 0 unspecified atom stereocenters. The highest BCUT2D eigenvalue weighted by molar-refractivity contribution is 5.96. The minimum absolute atomic E-state index is 0.124. The van der Waals surface area contributed by atoms with Crippen LogP contribution < -0.4 is 14.8 Å². The standard InChI is InChI=1S/C20H19NO5/c1-24-17-8-4-3-7-15(17)11-21-19(22)13-26-20(23)16-10-14-6-2-5-9-18(14)25-12-16/h2-10H,11-13H2,1H3,(H,21,22). The van der Waals surface area contributed by atoms with Crippen LogP contribution in [0.25, 0.3) is 6.08 Å². The summed E-state index contributed by atoms with van der Waals surface area (Å²) in [5.74, 6) is 0.459. The minimum atomic E-state index is -0.563. The Balaban J connectivity index is 1.50. The van der Waals surface area contributed by atoms with Gasteiger partial charge in [0.2, 0.25) is 0 Å². The third-order valence-electron chi connectivity index (χ3n) is 3.90. The summed E-state index contributed by atoms with van der Waals surface area (Å²) >= 11 is 0. The molecule has 26 heavy (non-hydrogen) atoms. The molecule has 0 atom stereocenters. The summed E-state index contributed by atoms with van der Waals surface area (Å²) in [6.07, 6.45) is 1.72. The maximum Gasteiger partial charge on any atom is 0.338 e. The van der Waals surface area contributed by atoms with Crippen molar-refractivity contribution < 1.29 is 23.8 Å². The first-order valence-corrected chi connectivity index (χ1v) is 8.15. The Morgan fingerprint density at radius 1 is 1.12 bits per heavy atom. The predicted octanol–water partition coefficient (Wildman–Crippen LogP) is 2.33. The monoisotopic (exact) mass is 353 g/mol. The molecule has 1 heterocycles. The summed E-state index contributed by atoms with van der Waals surface area (Å²) in [4.78, 5) is 24.0. The molecule has 0 saturated heterocycles. The third-order valence-corrected chi connectivity index (χ3v) is 3.90. The zero-order valence-corrected chi connectivity index (χ0v) is 14.4. The quantitative estimate of drug-likeness (QED) is 0.807. The van der Waals surface area contributed by atoms with E-state index in [1.165, 1.54) is 0 Å². The van der Waals surface area contributed by atoms with E-state index in [4.69, 9.17) is 14.2 Å². The van der Waals surface area contributed by atoms with E-state index in [0.29, 0.717) is 17.9 Å². The Hall–Kier alpha value is -3.28. The van der Waals surface area contributed by atoms with E-state index >= 15 is 0 Å². The van der Waals surface area contributed by atoms with Gasteiger partial charge in [-0.25, -0.2) is 4.79 Å². The van der Waals surface area contributed by atoms with Gasteiger partial charge in [-0.3, -0.25) is 4.79 Å². The molecule has 1 N–H and O–H groups in total. The lowest BCUT2D eigenvalue weighted by atomic mass is 10.1. The molecular formula is C20H19NO5. The summed E-state index contributed by atoms with van der Waals surface area (Å²) in [7, 11) is 1.57. The molecule has 0 aromatic heterocycles. The zero-order chi connectivity index (χ0) is 18.4. The first-order chi connectivity index (χ1) is 12.7. The van der Waals surface area contributed by atoms with Gasteiger partial charge in [0.1, 0.15) is 18.1 Å². The number of carbonyl (C=O) groups is 2. The smallest absolute Gasteiger partial charge is 0.338 e. The van der Waals surface area contributed by atoms with E-state index in [9.17, 15) is 9.59 Å². The van der Waals surface area contributed by atoms with E-state index in [1.807, 2.05) is 48.5 Å². The molecule has 0 spiro atoms. The molecule has 1 aliphatic heterocycles. The maximum absolute atomic E-state index is 12.1. The van der Waals surface area contributed by atoms with Crippen LogP contribution in [0.1, 0.15) is 11.1 Å². The lowest BCUT2D eigenvalue weighted by molar-refractivity contribution is -0.145. The van der Waals surface area contributed by atoms with Crippen LogP contribution in [0.3, 0.4) is 0 Å². The number of methoxy groups -OCH3 is 1. The van der Waals surface area contributed by atoms with Gasteiger partial charge in [-0.05, 0) is 18.2 Å². The van der Waals surface area contributed by atoms with Crippen molar-refractivity contribution in [3.63, 3.8) is 0 Å². The lowest BCUT2D eigenvalue weighted by Crippen LogP contribution is -2.29. The number of esters is 1. The molecule has 6 nitrogen and oxygen atoms in total. The molecule has 0 fully saturated rings. The number of carbonyl (C=O) groups excluding carboxylic acids is 2. The van der Waals surface area contributed by atoms with Gasteiger partial charge in [-0.1, -0.05) is 36.4 Å². The van der Waals surface area contributed by atoms with Crippen molar-refractivity contribution in [3.8, 4) is 11.5 Å². The molecule has 2 aromatic rings. The average Bonchev–Trinajstić information content (AvgIpc) is 2.70. The van der Waals surface area contributed by atoms with E-state index in [2.05, 4.69) is 5.32 Å². The summed E-state index contributed by atoms with van der Waals surface area (Å²) < 4.78 is 15.8. The van der Waals surface area contributed by atoms with Crippen LogP contribution in [0.4, 0.5) is 0 Å². The highest BCUT2D eigenvalue weighted by Gasteiger charge is 2.19. The van der Waals surface area contributed by atoms with Crippen molar-refractivity contribution in [2.24, 2.45) is 0 Å². The number of ether oxygens (including phenoxy) is 3. The molecule has 0 radical (unpaired) electrons. The summed E-state index contributed by atoms with van der Waals surface area (Å²) in [6.45, 7) is 0.0607. The highest BCUT2D eigenvalue weighted by atomic mass is 16.5. The maximum atomic E-state index is 12.1. The normalized spacial score (nSPS) is 12.3. The average molecular weight is 353 g/mol. The molecule has 1 aliphatic rings. The van der Waals surface area contributed by atoms with E-state index in [0.717, 1.165) is 16.9 Å². The largest absolute Gasteiger partial charge is 0.496 e. The Morgan fingerprint density at radius 2 is 1.88 bits per heavy atom. The molecular weight excluding hydrogens is 334 g/mol. The van der Waals surface area contributed by atoms with Crippen molar-refractivity contribution in [3.05, 3.63) is 65.2 Å². The molecule has 3 rings (SSSR count). The van der Waals surface area contributed by atoms with Crippen molar-refractivity contribution in [1.29, 1.82) is 0 Å². The topological polar surface area (TPSA) is 73.9 Å². The van der Waals surface area contributed by atoms with Crippen LogP contribution in [0.15, 0.2) is 54.1 Å². The predicted molar refractivity (Wildman–Crippen MR) is 95.7 cm³/mol. The summed E-state index contributed by atoms with van der Waals surface area (Å²) in [6, 6.07) is 14.8. The molecule has 0 saturated carbocycles. The van der Waals surface area contributed by atoms with Crippen LogP contribution in [-0.4, -0.2) is 32.2 Å². The number of nitrogens with one attached hydrogen (secondary N) is 1. The van der Waals surface area contributed by atoms with Gasteiger partial charge in [0.15, 0.2) is 6.61 Å². The van der Waals surface area contributed by atoms with Crippen LogP contribution in [0, 0.1) is 0 Å². The van der Waals surface area contributed by atoms with Gasteiger partial charge in [0.25, 0.3) is 5.91 Å². The number of fused-ring (bicyclic) bond motifs is 1. The van der Waals surface area contributed by atoms with Crippen LogP contribution >= 0.6 is 0 Å². The second kappa shape index (κ2) is 8.20. The number of amides is 1. The van der Waals surface area contributed by atoms with Crippen molar-refractivity contribution in [2.75, 3.05) is 20.3 Å². The molecule has 1 amide bonds. The summed E-state index contributed by atoms with van der Waals surface area (Å²) in [5, 5.41) is 2.70. The number of benzene rings is 2. The Labute approximate surface area is 151 Å². The van der Waals surface area contributed by atoms with Gasteiger partial charge in [-0.2, -0.15) is 0 Å². The molecule has 0 aliphatic carbocycles. The van der Waals surface area contributed by atoms with E-state index in [1.54, 1.807) is 13.2 Å². The van der Waals surface area contributed by atoms with E-state index < -0.39 is 5.97 Å². The van der Waals surface area contributed by atoms with Gasteiger partial charge in [0, 0.05) is 17.7 Å². The number of para-hydroxylation sites is 2. The second-order valence-corrected chi connectivity index (χ2v) is 5.66. The molecule has 2 aromatic carbocycles. The van der Waals surface area contributed by atoms with Crippen molar-refractivity contribution in [2.45, 2.75) is 6.54 Å². The first kappa shape index (κ1) is 17.5. The van der Waals surface area contributed by atoms with Crippen molar-refractivity contribution >= 4 is 18.0 Å². The molecule has 134 valence electrons. The SMILES string of the molecule is COc1ccccc1CNC(=O)COC(=O)C1=Cc2ccccc2OC1. The summed E-state index contributed by atoms with van der Waals surface area (Å²) in [5.41, 5.74) is 2.03. The molecule has 6 heteroatoms. The number of hydrogen-bond donors (Lipinski definition) is 1. The first-order valence-electron chi connectivity index (χ1n) is 8.15. The second-order valence-electron chi connectivity index (χ2n) is 5.66. The Kier molecular flexibility index (Phi) is 5.53. The van der Waals surface area contributed by atoms with Gasteiger partial charge >= 0.3 is 5.97 Å². The van der Waals surface area contributed by atoms with Gasteiger partial charge in [0.05, 0.1) is 12.7 Å². The Morgan fingerprint density at radius 3 is 2.73 bits per heavy atom. The minimum Gasteiger partial charge on any atom is -0.496 e. The van der Waals surface area contributed by atoms with Crippen molar-refractivity contribution in [1.82, 2.24) is 5.32 Å². The fourth-order valence-corrected chi connectivity index (χ4v) is 2.55. The zero-order valence-electron chi connectivity index (χ0n) is 14.4. The third kappa shape index (κ3) is 4.22. The van der Waals surface area contributed by atoms with E-state index in [-0.39, 0.29) is 19.1 Å². The molecule has 0 bridgehead atoms. The van der Waals surface area contributed by atoms with Crippen LogP contribution in [0.2, 0.25) is 0 Å². The fraction of sp³-hybridized carbons (Fsp3) is 0.200. The van der Waals surface area contributed by atoms with Crippen LogP contribution in [0.5, 0.6) is 11.5 Å². The van der Waals surface area contributed by atoms with Crippen LogP contribution in [-0.2, 0) is 20.9 Å². The Bertz CT molecular complexity index is 844. The number of rotatable bonds is 6. The van der Waals surface area contributed by atoms with Gasteiger partial charge in [-0.15, -0.1) is 0 Å². The van der Waals surface area contributed by atoms with Gasteiger partial charge < -0.3 is 19.5 Å².